The highest BCUT2D eigenvalue weighted by Gasteiger charge is 2.20. The molecule has 0 amide bonds. The van der Waals surface area contributed by atoms with Gasteiger partial charge in [0, 0.05) is 15.6 Å². The maximum Gasteiger partial charge on any atom is 0.231 e. The Labute approximate surface area is 171 Å². The van der Waals surface area contributed by atoms with Crippen LogP contribution in [-0.4, -0.2) is 33.9 Å². The quantitative estimate of drug-likeness (QED) is 0.413. The number of ether oxygens (including phenoxy) is 5. The van der Waals surface area contributed by atoms with Crippen molar-refractivity contribution in [1.29, 1.82) is 0 Å². The first-order chi connectivity index (χ1) is 13.1. The average Bonchev–Trinajstić information content (AvgIpc) is 3.13. The Kier molecular flexibility index (Phi) is 6.30. The van der Waals surface area contributed by atoms with Crippen molar-refractivity contribution >= 4 is 28.4 Å². The molecule has 1 aliphatic heterocycles. The van der Waals surface area contributed by atoms with Crippen molar-refractivity contribution in [1.82, 2.24) is 0 Å². The third-order valence-corrected chi connectivity index (χ3v) is 5.25. The maximum atomic E-state index is 12.6. The van der Waals surface area contributed by atoms with Crippen molar-refractivity contribution in [2.45, 2.75) is 19.3 Å². The smallest absolute Gasteiger partial charge is 0.231 e. The number of fused-ring (bicyclic) bond motifs is 1. The lowest BCUT2D eigenvalue weighted by atomic mass is 10.0. The second kappa shape index (κ2) is 8.69. The summed E-state index contributed by atoms with van der Waals surface area (Å²) >= 11 is 2.16. The highest BCUT2D eigenvalue weighted by molar-refractivity contribution is 14.1. The summed E-state index contributed by atoms with van der Waals surface area (Å²) in [4.78, 5) is 12.6. The zero-order valence-electron chi connectivity index (χ0n) is 15.5. The molecule has 2 aromatic rings. The molecule has 0 fully saturated rings. The Morgan fingerprint density at radius 3 is 2.22 bits per heavy atom. The highest BCUT2D eigenvalue weighted by atomic mass is 127. The molecule has 1 aliphatic rings. The fourth-order valence-electron chi connectivity index (χ4n) is 3.00. The molecular weight excluding hydrogens is 463 g/mol. The minimum absolute atomic E-state index is 0.0881. The van der Waals surface area contributed by atoms with Gasteiger partial charge in [0.05, 0.1) is 21.3 Å². The predicted molar refractivity (Wildman–Crippen MR) is 109 cm³/mol. The van der Waals surface area contributed by atoms with Crippen LogP contribution in [0, 0.1) is 3.57 Å². The Bertz CT molecular complexity index is 824. The van der Waals surface area contributed by atoms with E-state index in [0.717, 1.165) is 15.6 Å². The summed E-state index contributed by atoms with van der Waals surface area (Å²) in [6.45, 7) is 0.199. The monoisotopic (exact) mass is 484 g/mol. The van der Waals surface area contributed by atoms with Gasteiger partial charge < -0.3 is 23.7 Å². The summed E-state index contributed by atoms with van der Waals surface area (Å²) in [5.41, 5.74) is 1.70. The molecule has 3 rings (SSSR count). The highest BCUT2D eigenvalue weighted by Crippen LogP contribution is 2.39. The summed E-state index contributed by atoms with van der Waals surface area (Å²) < 4.78 is 27.7. The number of halogens is 1. The number of hydrogen-bond acceptors (Lipinski definition) is 6. The van der Waals surface area contributed by atoms with Crippen LogP contribution in [0.25, 0.3) is 0 Å². The van der Waals surface area contributed by atoms with Crippen molar-refractivity contribution in [3.8, 4) is 28.7 Å². The van der Waals surface area contributed by atoms with Gasteiger partial charge in [0.2, 0.25) is 12.5 Å². The van der Waals surface area contributed by atoms with Crippen LogP contribution in [0.5, 0.6) is 28.7 Å². The van der Waals surface area contributed by atoms with Crippen molar-refractivity contribution in [2.24, 2.45) is 0 Å². The van der Waals surface area contributed by atoms with Crippen molar-refractivity contribution in [3.63, 3.8) is 0 Å². The molecule has 0 atom stereocenters. The molecule has 0 N–H and O–H groups in total. The standard InChI is InChI=1S/C20H21IO6/c1-23-18-7-12(8-19(24-2)20(18)25-3)5-4-6-15(22)13-9-16-17(10-14(13)21)27-11-26-16/h7-10H,4-6,11H2,1-3H3. The van der Waals surface area contributed by atoms with E-state index in [-0.39, 0.29) is 12.6 Å². The number of aryl methyl sites for hydroxylation is 1. The molecule has 7 heteroatoms. The Morgan fingerprint density at radius 1 is 1.00 bits per heavy atom. The summed E-state index contributed by atoms with van der Waals surface area (Å²) in [7, 11) is 4.75. The summed E-state index contributed by atoms with van der Waals surface area (Å²) in [6.07, 6.45) is 1.87. The molecule has 0 aliphatic carbocycles. The third kappa shape index (κ3) is 4.23. The van der Waals surface area contributed by atoms with Gasteiger partial charge in [0.1, 0.15) is 0 Å². The molecule has 2 aromatic carbocycles. The number of rotatable bonds is 8. The zero-order valence-corrected chi connectivity index (χ0v) is 17.6. The molecule has 1 heterocycles. The van der Waals surface area contributed by atoms with Crippen molar-refractivity contribution in [3.05, 3.63) is 39.0 Å². The fourth-order valence-corrected chi connectivity index (χ4v) is 3.74. The van der Waals surface area contributed by atoms with Crippen LogP contribution in [0.4, 0.5) is 0 Å². The van der Waals surface area contributed by atoms with E-state index in [9.17, 15) is 4.79 Å². The Balaban J connectivity index is 1.67. The molecule has 0 saturated heterocycles. The summed E-state index contributed by atoms with van der Waals surface area (Å²) in [5.74, 6) is 3.20. The van der Waals surface area contributed by atoms with Crippen LogP contribution in [0.3, 0.4) is 0 Å². The lowest BCUT2D eigenvalue weighted by Gasteiger charge is -2.14. The van der Waals surface area contributed by atoms with Crippen LogP contribution in [0.1, 0.15) is 28.8 Å². The SMILES string of the molecule is COc1cc(CCCC(=O)c2cc3c(cc2I)OCO3)cc(OC)c1OC. The summed E-state index contributed by atoms with van der Waals surface area (Å²) in [5, 5.41) is 0. The third-order valence-electron chi connectivity index (χ3n) is 4.36. The second-order valence-electron chi connectivity index (χ2n) is 6.00. The molecule has 27 heavy (non-hydrogen) atoms. The Hall–Kier alpha value is -2.16. The molecule has 0 unspecified atom stereocenters. The molecule has 0 radical (unpaired) electrons. The topological polar surface area (TPSA) is 63.2 Å². The van der Waals surface area contributed by atoms with E-state index < -0.39 is 0 Å². The van der Waals surface area contributed by atoms with E-state index in [0.29, 0.717) is 47.2 Å². The number of carbonyl (C=O) groups excluding carboxylic acids is 1. The molecule has 144 valence electrons. The number of benzene rings is 2. The number of hydrogen-bond donors (Lipinski definition) is 0. The first-order valence-corrected chi connectivity index (χ1v) is 9.56. The largest absolute Gasteiger partial charge is 0.493 e. The van der Waals surface area contributed by atoms with Gasteiger partial charge in [-0.15, -0.1) is 0 Å². The van der Waals surface area contributed by atoms with E-state index in [1.807, 2.05) is 18.2 Å². The van der Waals surface area contributed by atoms with E-state index in [1.54, 1.807) is 27.4 Å². The molecule has 6 nitrogen and oxygen atoms in total. The number of carbonyl (C=O) groups is 1. The molecule has 0 saturated carbocycles. The predicted octanol–water partition coefficient (Wildman–Crippen LogP) is 4.25. The van der Waals surface area contributed by atoms with Crippen molar-refractivity contribution < 1.29 is 28.5 Å². The van der Waals surface area contributed by atoms with Crippen molar-refractivity contribution in [2.75, 3.05) is 28.1 Å². The van der Waals surface area contributed by atoms with Crippen LogP contribution < -0.4 is 23.7 Å². The first kappa shape index (κ1) is 19.6. The molecule has 0 spiro atoms. The van der Waals surface area contributed by atoms with Gasteiger partial charge in [0.15, 0.2) is 28.8 Å². The number of ketones is 1. The zero-order chi connectivity index (χ0) is 19.4. The van der Waals surface area contributed by atoms with E-state index >= 15 is 0 Å². The minimum atomic E-state index is 0.0881. The first-order valence-electron chi connectivity index (χ1n) is 8.48. The Morgan fingerprint density at radius 2 is 1.63 bits per heavy atom. The van der Waals surface area contributed by atoms with Crippen LogP contribution in [0.15, 0.2) is 24.3 Å². The van der Waals surface area contributed by atoms with Gasteiger partial charge in [-0.05, 0) is 65.3 Å². The van der Waals surface area contributed by atoms with Gasteiger partial charge in [-0.1, -0.05) is 0 Å². The normalized spacial score (nSPS) is 12.0. The van der Waals surface area contributed by atoms with Crippen LogP contribution >= 0.6 is 22.6 Å². The van der Waals surface area contributed by atoms with Gasteiger partial charge in [-0.3, -0.25) is 4.79 Å². The van der Waals surface area contributed by atoms with E-state index in [4.69, 9.17) is 23.7 Å². The minimum Gasteiger partial charge on any atom is -0.493 e. The number of Topliss-reactive ketones (excluding diaryl/α,β-unsaturated/α-hetero) is 1. The lowest BCUT2D eigenvalue weighted by Crippen LogP contribution is -2.03. The van der Waals surface area contributed by atoms with Gasteiger partial charge >= 0.3 is 0 Å². The lowest BCUT2D eigenvalue weighted by molar-refractivity contribution is 0.0979. The molecule has 0 aromatic heterocycles. The molecule has 0 bridgehead atoms. The van der Waals surface area contributed by atoms with Crippen LogP contribution in [-0.2, 0) is 6.42 Å². The maximum absolute atomic E-state index is 12.6. The van der Waals surface area contributed by atoms with Gasteiger partial charge in [-0.25, -0.2) is 0 Å². The summed E-state index contributed by atoms with van der Waals surface area (Å²) in [6, 6.07) is 7.44. The second-order valence-corrected chi connectivity index (χ2v) is 7.16. The van der Waals surface area contributed by atoms with E-state index in [1.165, 1.54) is 0 Å². The van der Waals surface area contributed by atoms with Gasteiger partial charge in [-0.2, -0.15) is 0 Å². The van der Waals surface area contributed by atoms with Crippen LogP contribution in [0.2, 0.25) is 0 Å². The van der Waals surface area contributed by atoms with Gasteiger partial charge in [0.25, 0.3) is 0 Å². The average molecular weight is 484 g/mol. The number of methoxy groups -OCH3 is 3. The molecular formula is C20H21IO6. The van der Waals surface area contributed by atoms with E-state index in [2.05, 4.69) is 22.6 Å². The fraction of sp³-hybridized carbons (Fsp3) is 0.350.